The molecule has 0 spiro atoms. The number of nitrogens with one attached hydrogen (secondary N) is 2. The summed E-state index contributed by atoms with van der Waals surface area (Å²) in [6.45, 7) is 0. The van der Waals surface area contributed by atoms with Crippen molar-refractivity contribution in [2.75, 3.05) is 10.7 Å². The number of hydrogen-bond acceptors (Lipinski definition) is 6. The zero-order valence-corrected chi connectivity index (χ0v) is 11.5. The maximum atomic E-state index is 13.7. The molecule has 9 heteroatoms. The van der Waals surface area contributed by atoms with Gasteiger partial charge in [0.15, 0.2) is 0 Å². The quantitative estimate of drug-likeness (QED) is 0.448. The number of hydrogen-bond donors (Lipinski definition) is 3. The Labute approximate surface area is 121 Å². The van der Waals surface area contributed by atoms with Crippen molar-refractivity contribution in [3.05, 3.63) is 50.7 Å². The Morgan fingerprint density at radius 1 is 1.30 bits per heavy atom. The van der Waals surface area contributed by atoms with E-state index in [9.17, 15) is 14.5 Å². The fraction of sp³-hybridized carbons (Fsp3) is 0. The molecular formula is C11H9BrFN5O2. The first-order valence-electron chi connectivity index (χ1n) is 5.35. The van der Waals surface area contributed by atoms with Crippen LogP contribution in [0.25, 0.3) is 0 Å². The number of aromatic nitrogens is 1. The lowest BCUT2D eigenvalue weighted by Crippen LogP contribution is -2.10. The fourth-order valence-corrected chi connectivity index (χ4v) is 1.82. The van der Waals surface area contributed by atoms with Crippen LogP contribution in [-0.2, 0) is 0 Å². The molecule has 2 rings (SSSR count). The summed E-state index contributed by atoms with van der Waals surface area (Å²) in [6, 6.07) is 6.73. The average molecular weight is 342 g/mol. The third kappa shape index (κ3) is 3.19. The van der Waals surface area contributed by atoms with Gasteiger partial charge in [-0.3, -0.25) is 10.1 Å². The standard InChI is InChI=1S/C11H9BrFN5O2/c12-6-1-2-9(8(13)3-6)15-10-4-7(18(19)20)5-11(16-10)17-14/h1-5H,14H2,(H2,15,16,17). The molecule has 104 valence electrons. The number of pyridine rings is 1. The van der Waals surface area contributed by atoms with Crippen LogP contribution in [0, 0.1) is 15.9 Å². The number of nitrogens with two attached hydrogens (primary N) is 1. The molecule has 7 nitrogen and oxygen atoms in total. The van der Waals surface area contributed by atoms with Crippen molar-refractivity contribution in [1.82, 2.24) is 4.98 Å². The molecule has 4 N–H and O–H groups in total. The maximum Gasteiger partial charge on any atom is 0.276 e. The smallest absolute Gasteiger partial charge is 0.276 e. The minimum atomic E-state index is -0.592. The van der Waals surface area contributed by atoms with Gasteiger partial charge < -0.3 is 10.7 Å². The Morgan fingerprint density at radius 2 is 2.00 bits per heavy atom. The highest BCUT2D eigenvalue weighted by Gasteiger charge is 2.12. The molecule has 1 aromatic carbocycles. The highest BCUT2D eigenvalue weighted by molar-refractivity contribution is 9.10. The second kappa shape index (κ2) is 5.80. The lowest BCUT2D eigenvalue weighted by Gasteiger charge is -2.08. The number of halogens is 2. The Hall–Kier alpha value is -2.26. The lowest BCUT2D eigenvalue weighted by atomic mass is 10.3. The number of nitrogens with zero attached hydrogens (tertiary/aromatic N) is 2. The van der Waals surface area contributed by atoms with Crippen LogP contribution < -0.4 is 16.6 Å². The molecule has 1 heterocycles. The molecule has 0 aliphatic rings. The van der Waals surface area contributed by atoms with Gasteiger partial charge in [-0.2, -0.15) is 0 Å². The maximum absolute atomic E-state index is 13.7. The second-order valence-corrected chi connectivity index (χ2v) is 4.66. The number of nitro groups is 1. The molecule has 20 heavy (non-hydrogen) atoms. The second-order valence-electron chi connectivity index (χ2n) is 3.75. The molecule has 0 aliphatic carbocycles. The third-order valence-corrected chi connectivity index (χ3v) is 2.86. The van der Waals surface area contributed by atoms with Crippen LogP contribution in [0.4, 0.5) is 27.4 Å². The summed E-state index contributed by atoms with van der Waals surface area (Å²) in [5.74, 6) is 4.87. The zero-order chi connectivity index (χ0) is 14.7. The Morgan fingerprint density at radius 3 is 2.60 bits per heavy atom. The van der Waals surface area contributed by atoms with E-state index in [4.69, 9.17) is 5.84 Å². The van der Waals surface area contributed by atoms with Crippen molar-refractivity contribution in [3.8, 4) is 0 Å². The van der Waals surface area contributed by atoms with Gasteiger partial charge in [0.1, 0.15) is 17.5 Å². The molecule has 0 saturated carbocycles. The highest BCUT2D eigenvalue weighted by atomic mass is 79.9. The summed E-state index contributed by atoms with van der Waals surface area (Å²) in [7, 11) is 0. The van der Waals surface area contributed by atoms with Crippen LogP contribution in [0.3, 0.4) is 0 Å². The van der Waals surface area contributed by atoms with E-state index in [0.29, 0.717) is 4.47 Å². The van der Waals surface area contributed by atoms with Crippen molar-refractivity contribution in [2.45, 2.75) is 0 Å². The number of hydrazine groups is 1. The van der Waals surface area contributed by atoms with E-state index < -0.39 is 10.7 Å². The first kappa shape index (κ1) is 14.2. The van der Waals surface area contributed by atoms with Crippen LogP contribution in [0.15, 0.2) is 34.8 Å². The molecule has 0 radical (unpaired) electrons. The normalized spacial score (nSPS) is 10.2. The molecule has 0 atom stereocenters. The van der Waals surface area contributed by atoms with Crippen LogP contribution in [0.5, 0.6) is 0 Å². The molecule has 0 saturated heterocycles. The molecular weight excluding hydrogens is 333 g/mol. The summed E-state index contributed by atoms with van der Waals surface area (Å²) in [6.07, 6.45) is 0. The van der Waals surface area contributed by atoms with Gasteiger partial charge in [0.05, 0.1) is 22.7 Å². The highest BCUT2D eigenvalue weighted by Crippen LogP contribution is 2.25. The molecule has 0 fully saturated rings. The van der Waals surface area contributed by atoms with Crippen LogP contribution >= 0.6 is 15.9 Å². The number of anilines is 3. The van der Waals surface area contributed by atoms with Crippen molar-refractivity contribution in [3.63, 3.8) is 0 Å². The minimum Gasteiger partial charge on any atom is -0.338 e. The average Bonchev–Trinajstić information content (AvgIpc) is 2.41. The summed E-state index contributed by atoms with van der Waals surface area (Å²) in [5.41, 5.74) is 2.14. The van der Waals surface area contributed by atoms with E-state index in [0.717, 1.165) is 0 Å². The molecule has 2 aromatic rings. The first-order valence-corrected chi connectivity index (χ1v) is 6.14. The number of rotatable bonds is 4. The first-order chi connectivity index (χ1) is 9.49. The van der Waals surface area contributed by atoms with Gasteiger partial charge in [-0.05, 0) is 18.2 Å². The predicted molar refractivity (Wildman–Crippen MR) is 76.1 cm³/mol. The molecule has 0 aliphatic heterocycles. The van der Waals surface area contributed by atoms with Gasteiger partial charge >= 0.3 is 0 Å². The van der Waals surface area contributed by atoms with E-state index in [1.54, 1.807) is 6.07 Å². The van der Waals surface area contributed by atoms with Gasteiger partial charge in [0, 0.05) is 4.47 Å². The lowest BCUT2D eigenvalue weighted by molar-refractivity contribution is -0.384. The number of benzene rings is 1. The van der Waals surface area contributed by atoms with Crippen molar-refractivity contribution >= 4 is 38.9 Å². The van der Waals surface area contributed by atoms with Gasteiger partial charge in [0.2, 0.25) is 0 Å². The predicted octanol–water partition coefficient (Wildman–Crippen LogP) is 2.92. The Bertz CT molecular complexity index is 667. The van der Waals surface area contributed by atoms with E-state index >= 15 is 0 Å². The largest absolute Gasteiger partial charge is 0.338 e. The summed E-state index contributed by atoms with van der Waals surface area (Å²) in [4.78, 5) is 14.2. The monoisotopic (exact) mass is 341 g/mol. The summed E-state index contributed by atoms with van der Waals surface area (Å²) >= 11 is 3.14. The van der Waals surface area contributed by atoms with Crippen LogP contribution in [0.1, 0.15) is 0 Å². The van der Waals surface area contributed by atoms with Gasteiger partial charge in [0.25, 0.3) is 5.69 Å². The SMILES string of the molecule is NNc1cc([N+](=O)[O-])cc(Nc2ccc(Br)cc2F)n1. The van der Waals surface area contributed by atoms with Crippen molar-refractivity contribution in [1.29, 1.82) is 0 Å². The van der Waals surface area contributed by atoms with E-state index in [1.165, 1.54) is 24.3 Å². The van der Waals surface area contributed by atoms with E-state index in [2.05, 4.69) is 31.7 Å². The Balaban J connectivity index is 2.37. The minimum absolute atomic E-state index is 0.0965. The van der Waals surface area contributed by atoms with E-state index in [1.807, 2.05) is 0 Å². The summed E-state index contributed by atoms with van der Waals surface area (Å²) < 4.78 is 14.3. The van der Waals surface area contributed by atoms with Gasteiger partial charge in [-0.1, -0.05) is 15.9 Å². The van der Waals surface area contributed by atoms with Crippen LogP contribution in [-0.4, -0.2) is 9.91 Å². The summed E-state index contributed by atoms with van der Waals surface area (Å²) in [5, 5.41) is 13.4. The van der Waals surface area contributed by atoms with Crippen molar-refractivity contribution in [2.24, 2.45) is 5.84 Å². The Kier molecular flexibility index (Phi) is 4.11. The molecule has 0 amide bonds. The zero-order valence-electron chi connectivity index (χ0n) is 9.93. The van der Waals surface area contributed by atoms with Gasteiger partial charge in [-0.25, -0.2) is 15.2 Å². The van der Waals surface area contributed by atoms with Crippen molar-refractivity contribution < 1.29 is 9.31 Å². The van der Waals surface area contributed by atoms with Crippen LogP contribution in [0.2, 0.25) is 0 Å². The number of nitrogen functional groups attached to an aromatic ring is 1. The fourth-order valence-electron chi connectivity index (χ4n) is 1.49. The van der Waals surface area contributed by atoms with E-state index in [-0.39, 0.29) is 23.0 Å². The molecule has 0 bridgehead atoms. The topological polar surface area (TPSA) is 106 Å². The molecule has 1 aromatic heterocycles. The van der Waals surface area contributed by atoms with Gasteiger partial charge in [-0.15, -0.1) is 0 Å². The molecule has 0 unspecified atom stereocenters. The third-order valence-electron chi connectivity index (χ3n) is 2.36.